The molecule has 0 aliphatic heterocycles. The van der Waals surface area contributed by atoms with Crippen molar-refractivity contribution < 1.29 is 14.6 Å². The van der Waals surface area contributed by atoms with E-state index in [1.807, 2.05) is 0 Å². The van der Waals surface area contributed by atoms with Crippen LogP contribution in [0.5, 0.6) is 5.75 Å². The molecule has 4 N–H and O–H groups in total. The van der Waals surface area contributed by atoms with Gasteiger partial charge in [0, 0.05) is 18.1 Å². The SMILES string of the molecule is CC(C)(CO)[C@H](N)c1ccc(O)c(F)c1. The Balaban J connectivity index is 3.02. The summed E-state index contributed by atoms with van der Waals surface area (Å²) < 4.78 is 13.1. The molecule has 84 valence electrons. The van der Waals surface area contributed by atoms with Crippen LogP contribution in [0.15, 0.2) is 18.2 Å². The zero-order valence-electron chi connectivity index (χ0n) is 8.87. The number of nitrogens with two attached hydrogens (primary N) is 1. The third kappa shape index (κ3) is 2.46. The third-order valence-electron chi connectivity index (χ3n) is 2.58. The Morgan fingerprint density at radius 3 is 2.53 bits per heavy atom. The van der Waals surface area contributed by atoms with Crippen LogP contribution in [0.2, 0.25) is 0 Å². The van der Waals surface area contributed by atoms with Crippen molar-refractivity contribution in [1.82, 2.24) is 0 Å². The van der Waals surface area contributed by atoms with Crippen molar-refractivity contribution in [1.29, 1.82) is 0 Å². The van der Waals surface area contributed by atoms with E-state index in [4.69, 9.17) is 15.9 Å². The Hall–Kier alpha value is -1.13. The number of aliphatic hydroxyl groups is 1. The van der Waals surface area contributed by atoms with Gasteiger partial charge in [0.25, 0.3) is 0 Å². The maximum absolute atomic E-state index is 13.1. The highest BCUT2D eigenvalue weighted by molar-refractivity contribution is 5.30. The van der Waals surface area contributed by atoms with E-state index in [0.29, 0.717) is 5.56 Å². The number of aliphatic hydroxyl groups excluding tert-OH is 1. The van der Waals surface area contributed by atoms with Gasteiger partial charge in [-0.25, -0.2) is 4.39 Å². The minimum atomic E-state index is -0.698. The van der Waals surface area contributed by atoms with Crippen LogP contribution in [-0.4, -0.2) is 16.8 Å². The maximum atomic E-state index is 13.1. The molecular weight excluding hydrogens is 197 g/mol. The summed E-state index contributed by atoms with van der Waals surface area (Å²) >= 11 is 0. The molecule has 0 bridgehead atoms. The fourth-order valence-corrected chi connectivity index (χ4v) is 1.27. The summed E-state index contributed by atoms with van der Waals surface area (Å²) in [6, 6.07) is 3.54. The molecule has 0 spiro atoms. The van der Waals surface area contributed by atoms with Crippen LogP contribution in [0.1, 0.15) is 25.5 Å². The largest absolute Gasteiger partial charge is 0.505 e. The van der Waals surface area contributed by atoms with Crippen LogP contribution in [0.4, 0.5) is 4.39 Å². The summed E-state index contributed by atoms with van der Waals surface area (Å²) in [7, 11) is 0. The molecule has 0 fully saturated rings. The lowest BCUT2D eigenvalue weighted by molar-refractivity contribution is 0.132. The summed E-state index contributed by atoms with van der Waals surface area (Å²) in [6.07, 6.45) is 0. The number of phenolic OH excluding ortho intramolecular Hbond substituents is 1. The van der Waals surface area contributed by atoms with E-state index in [0.717, 1.165) is 0 Å². The molecule has 0 unspecified atom stereocenters. The summed E-state index contributed by atoms with van der Waals surface area (Å²) in [4.78, 5) is 0. The molecule has 15 heavy (non-hydrogen) atoms. The Labute approximate surface area is 88.4 Å². The predicted octanol–water partition coefficient (Wildman–Crippen LogP) is 1.55. The van der Waals surface area contributed by atoms with Crippen LogP contribution in [-0.2, 0) is 0 Å². The number of hydrogen-bond acceptors (Lipinski definition) is 3. The summed E-state index contributed by atoms with van der Waals surface area (Å²) in [5.74, 6) is -1.09. The highest BCUT2D eigenvalue weighted by Gasteiger charge is 2.27. The Kier molecular flexibility index (Phi) is 3.31. The van der Waals surface area contributed by atoms with Gasteiger partial charge in [0.05, 0.1) is 0 Å². The number of rotatable bonds is 3. The van der Waals surface area contributed by atoms with E-state index in [2.05, 4.69) is 0 Å². The fourth-order valence-electron chi connectivity index (χ4n) is 1.27. The van der Waals surface area contributed by atoms with Gasteiger partial charge in [0.1, 0.15) is 0 Å². The fraction of sp³-hybridized carbons (Fsp3) is 0.455. The van der Waals surface area contributed by atoms with E-state index in [1.54, 1.807) is 19.9 Å². The van der Waals surface area contributed by atoms with Crippen molar-refractivity contribution >= 4 is 0 Å². The van der Waals surface area contributed by atoms with E-state index >= 15 is 0 Å². The van der Waals surface area contributed by atoms with Gasteiger partial charge >= 0.3 is 0 Å². The summed E-state index contributed by atoms with van der Waals surface area (Å²) in [6.45, 7) is 3.50. The second-order valence-corrected chi connectivity index (χ2v) is 4.34. The van der Waals surface area contributed by atoms with E-state index in [1.165, 1.54) is 12.1 Å². The Morgan fingerprint density at radius 2 is 2.07 bits per heavy atom. The smallest absolute Gasteiger partial charge is 0.165 e. The zero-order chi connectivity index (χ0) is 11.6. The zero-order valence-corrected chi connectivity index (χ0v) is 8.87. The Bertz CT molecular complexity index is 352. The van der Waals surface area contributed by atoms with Crippen molar-refractivity contribution in [2.24, 2.45) is 11.1 Å². The first-order chi connectivity index (χ1) is 6.88. The standard InChI is InChI=1S/C11H16FNO2/c1-11(2,6-14)10(13)7-3-4-9(15)8(12)5-7/h3-5,10,14-15H,6,13H2,1-2H3/t10-/m1/s1. The first-order valence-corrected chi connectivity index (χ1v) is 4.73. The van der Waals surface area contributed by atoms with Gasteiger partial charge in [-0.3, -0.25) is 0 Å². The van der Waals surface area contributed by atoms with Gasteiger partial charge in [-0.2, -0.15) is 0 Å². The molecule has 1 atom stereocenters. The van der Waals surface area contributed by atoms with E-state index < -0.39 is 23.0 Å². The molecule has 0 heterocycles. The van der Waals surface area contributed by atoms with Gasteiger partial charge in [-0.1, -0.05) is 19.9 Å². The second-order valence-electron chi connectivity index (χ2n) is 4.34. The van der Waals surface area contributed by atoms with Crippen LogP contribution in [0, 0.1) is 11.2 Å². The molecule has 0 aromatic heterocycles. The van der Waals surface area contributed by atoms with Crippen molar-refractivity contribution in [2.75, 3.05) is 6.61 Å². The van der Waals surface area contributed by atoms with Crippen molar-refractivity contribution in [2.45, 2.75) is 19.9 Å². The number of halogens is 1. The summed E-state index contributed by atoms with van der Waals surface area (Å²) in [5, 5.41) is 18.1. The lowest BCUT2D eigenvalue weighted by atomic mass is 9.82. The average molecular weight is 213 g/mol. The predicted molar refractivity (Wildman–Crippen MR) is 55.9 cm³/mol. The first-order valence-electron chi connectivity index (χ1n) is 4.73. The van der Waals surface area contributed by atoms with Crippen molar-refractivity contribution in [3.63, 3.8) is 0 Å². The van der Waals surface area contributed by atoms with Gasteiger partial charge in [0.15, 0.2) is 11.6 Å². The van der Waals surface area contributed by atoms with E-state index in [9.17, 15) is 4.39 Å². The lowest BCUT2D eigenvalue weighted by Gasteiger charge is -2.29. The maximum Gasteiger partial charge on any atom is 0.165 e. The lowest BCUT2D eigenvalue weighted by Crippen LogP contribution is -2.32. The first kappa shape index (κ1) is 11.9. The number of hydrogen-bond donors (Lipinski definition) is 3. The molecule has 1 aromatic carbocycles. The van der Waals surface area contributed by atoms with Crippen molar-refractivity contribution in [3.8, 4) is 5.75 Å². The van der Waals surface area contributed by atoms with E-state index in [-0.39, 0.29) is 6.61 Å². The van der Waals surface area contributed by atoms with Gasteiger partial charge in [0.2, 0.25) is 0 Å². The van der Waals surface area contributed by atoms with Crippen molar-refractivity contribution in [3.05, 3.63) is 29.6 Å². The minimum Gasteiger partial charge on any atom is -0.505 e. The molecule has 0 radical (unpaired) electrons. The molecule has 1 aromatic rings. The monoisotopic (exact) mass is 213 g/mol. The molecule has 0 aliphatic carbocycles. The molecule has 1 rings (SSSR count). The van der Waals surface area contributed by atoms with Gasteiger partial charge < -0.3 is 15.9 Å². The normalized spacial score (nSPS) is 13.9. The molecule has 0 saturated carbocycles. The molecule has 0 aliphatic rings. The summed E-state index contributed by atoms with van der Waals surface area (Å²) in [5.41, 5.74) is 5.93. The number of aromatic hydroxyl groups is 1. The number of benzene rings is 1. The van der Waals surface area contributed by atoms with Gasteiger partial charge in [-0.15, -0.1) is 0 Å². The van der Waals surface area contributed by atoms with Crippen LogP contribution in [0.25, 0.3) is 0 Å². The third-order valence-corrected chi connectivity index (χ3v) is 2.58. The highest BCUT2D eigenvalue weighted by atomic mass is 19.1. The van der Waals surface area contributed by atoms with Gasteiger partial charge in [-0.05, 0) is 17.7 Å². The average Bonchev–Trinajstić information content (AvgIpc) is 2.21. The molecule has 0 saturated heterocycles. The highest BCUT2D eigenvalue weighted by Crippen LogP contribution is 2.32. The number of phenols is 1. The molecular formula is C11H16FNO2. The second kappa shape index (κ2) is 4.16. The molecule has 3 nitrogen and oxygen atoms in total. The molecule has 0 amide bonds. The topological polar surface area (TPSA) is 66.5 Å². The van der Waals surface area contributed by atoms with Crippen LogP contribution in [0.3, 0.4) is 0 Å². The van der Waals surface area contributed by atoms with Crippen LogP contribution < -0.4 is 5.73 Å². The minimum absolute atomic E-state index is 0.0866. The Morgan fingerprint density at radius 1 is 1.47 bits per heavy atom. The quantitative estimate of drug-likeness (QED) is 0.713. The van der Waals surface area contributed by atoms with Crippen LogP contribution >= 0.6 is 0 Å². The molecule has 4 heteroatoms.